The first-order valence-corrected chi connectivity index (χ1v) is 5.57. The van der Waals surface area contributed by atoms with Crippen LogP contribution in [0.5, 0.6) is 0 Å². The van der Waals surface area contributed by atoms with Crippen LogP contribution >= 0.6 is 12.4 Å². The van der Waals surface area contributed by atoms with E-state index in [4.69, 9.17) is 5.11 Å². The molecule has 17 heavy (non-hydrogen) atoms. The highest BCUT2D eigenvalue weighted by Crippen LogP contribution is 2.21. The van der Waals surface area contributed by atoms with Crippen LogP contribution in [0.3, 0.4) is 0 Å². The lowest BCUT2D eigenvalue weighted by Gasteiger charge is -2.30. The van der Waals surface area contributed by atoms with Crippen molar-refractivity contribution in [2.75, 3.05) is 18.0 Å². The third-order valence-corrected chi connectivity index (χ3v) is 3.06. The largest absolute Gasteiger partial charge is 0.481 e. The molecule has 0 atom stereocenters. The highest BCUT2D eigenvalue weighted by atomic mass is 35.5. The number of aryl methyl sites for hydroxylation is 1. The summed E-state index contributed by atoms with van der Waals surface area (Å²) in [5.74, 6) is 0.104. The maximum absolute atomic E-state index is 10.8. The summed E-state index contributed by atoms with van der Waals surface area (Å²) in [5.41, 5.74) is 1.14. The van der Waals surface area contributed by atoms with Crippen LogP contribution in [0.25, 0.3) is 0 Å². The summed E-state index contributed by atoms with van der Waals surface area (Å²) >= 11 is 0. The van der Waals surface area contributed by atoms with Crippen LogP contribution in [-0.4, -0.2) is 29.1 Å². The molecule has 2 heterocycles. The van der Waals surface area contributed by atoms with E-state index in [0.29, 0.717) is 12.8 Å². The van der Waals surface area contributed by atoms with Gasteiger partial charge in [0, 0.05) is 19.3 Å². The minimum Gasteiger partial charge on any atom is -0.481 e. The van der Waals surface area contributed by atoms with Crippen LogP contribution in [0.15, 0.2) is 18.3 Å². The Morgan fingerprint density at radius 1 is 1.41 bits per heavy atom. The van der Waals surface area contributed by atoms with E-state index in [2.05, 4.69) is 9.88 Å². The molecule has 1 aliphatic heterocycles. The van der Waals surface area contributed by atoms with Gasteiger partial charge in [-0.3, -0.25) is 4.79 Å². The maximum atomic E-state index is 10.8. The fourth-order valence-electron chi connectivity index (χ4n) is 2.00. The number of anilines is 1. The van der Waals surface area contributed by atoms with Gasteiger partial charge in [-0.15, -0.1) is 12.4 Å². The second-order valence-electron chi connectivity index (χ2n) is 4.29. The average Bonchev–Trinajstić information content (AvgIpc) is 2.30. The van der Waals surface area contributed by atoms with Gasteiger partial charge in [0.2, 0.25) is 0 Å². The van der Waals surface area contributed by atoms with E-state index < -0.39 is 5.97 Å². The number of aromatic nitrogens is 1. The molecule has 2 rings (SSSR count). The van der Waals surface area contributed by atoms with Crippen LogP contribution in [-0.2, 0) is 4.79 Å². The van der Waals surface area contributed by atoms with E-state index >= 15 is 0 Å². The number of hydrogen-bond acceptors (Lipinski definition) is 3. The lowest BCUT2D eigenvalue weighted by Crippen LogP contribution is -2.36. The highest BCUT2D eigenvalue weighted by molar-refractivity contribution is 5.85. The summed E-state index contributed by atoms with van der Waals surface area (Å²) in [6, 6.07) is 4.03. The van der Waals surface area contributed by atoms with Gasteiger partial charge in [-0.1, -0.05) is 6.07 Å². The number of halogens is 1. The molecule has 1 aromatic heterocycles. The van der Waals surface area contributed by atoms with Crippen molar-refractivity contribution >= 4 is 24.2 Å². The zero-order valence-corrected chi connectivity index (χ0v) is 10.6. The molecule has 0 radical (unpaired) electrons. The normalized spacial score (nSPS) is 16.4. The number of rotatable bonds is 2. The molecule has 0 amide bonds. The fourth-order valence-corrected chi connectivity index (χ4v) is 2.00. The summed E-state index contributed by atoms with van der Waals surface area (Å²) in [4.78, 5) is 17.3. The molecule has 0 unspecified atom stereocenters. The van der Waals surface area contributed by atoms with Gasteiger partial charge in [0.15, 0.2) is 0 Å². The maximum Gasteiger partial charge on any atom is 0.306 e. The molecule has 4 nitrogen and oxygen atoms in total. The number of carboxylic acid groups (broad SMARTS) is 1. The van der Waals surface area contributed by atoms with Crippen molar-refractivity contribution in [3.63, 3.8) is 0 Å². The van der Waals surface area contributed by atoms with Crippen molar-refractivity contribution in [2.24, 2.45) is 5.92 Å². The summed E-state index contributed by atoms with van der Waals surface area (Å²) < 4.78 is 0. The lowest BCUT2D eigenvalue weighted by molar-refractivity contribution is -0.142. The van der Waals surface area contributed by atoms with Gasteiger partial charge in [-0.05, 0) is 31.4 Å². The van der Waals surface area contributed by atoms with Crippen molar-refractivity contribution in [2.45, 2.75) is 19.8 Å². The Bertz CT molecular complexity index is 373. The topological polar surface area (TPSA) is 53.4 Å². The third-order valence-electron chi connectivity index (χ3n) is 3.06. The first-order valence-electron chi connectivity index (χ1n) is 5.57. The first kappa shape index (κ1) is 13.8. The fraction of sp³-hybridized carbons (Fsp3) is 0.500. The van der Waals surface area contributed by atoms with Crippen molar-refractivity contribution < 1.29 is 9.90 Å². The molecular formula is C12H17ClN2O2. The molecule has 1 N–H and O–H groups in total. The number of pyridine rings is 1. The predicted octanol–water partition coefficient (Wildman–Crippen LogP) is 2.11. The van der Waals surface area contributed by atoms with E-state index in [-0.39, 0.29) is 18.3 Å². The van der Waals surface area contributed by atoms with Crippen molar-refractivity contribution in [3.05, 3.63) is 23.9 Å². The van der Waals surface area contributed by atoms with Crippen molar-refractivity contribution in [3.8, 4) is 0 Å². The quantitative estimate of drug-likeness (QED) is 0.881. The van der Waals surface area contributed by atoms with Crippen LogP contribution in [0.4, 0.5) is 5.82 Å². The number of nitrogens with zero attached hydrogens (tertiary/aromatic N) is 2. The highest BCUT2D eigenvalue weighted by Gasteiger charge is 2.24. The Kier molecular flexibility index (Phi) is 4.75. The van der Waals surface area contributed by atoms with Crippen molar-refractivity contribution in [1.29, 1.82) is 0 Å². The minimum atomic E-state index is -0.670. The van der Waals surface area contributed by atoms with Gasteiger partial charge < -0.3 is 10.0 Å². The van der Waals surface area contributed by atoms with E-state index in [1.807, 2.05) is 25.3 Å². The van der Waals surface area contributed by atoms with E-state index in [0.717, 1.165) is 24.5 Å². The first-order chi connectivity index (χ1) is 7.66. The molecule has 0 spiro atoms. The molecule has 1 saturated heterocycles. The third kappa shape index (κ3) is 3.33. The van der Waals surface area contributed by atoms with Crippen molar-refractivity contribution in [1.82, 2.24) is 4.98 Å². The number of piperidine rings is 1. The molecule has 1 fully saturated rings. The summed E-state index contributed by atoms with van der Waals surface area (Å²) in [6.45, 7) is 3.58. The Hall–Kier alpha value is -1.29. The lowest BCUT2D eigenvalue weighted by atomic mass is 9.97. The zero-order chi connectivity index (χ0) is 11.5. The smallest absolute Gasteiger partial charge is 0.306 e. The van der Waals surface area contributed by atoms with Crippen LogP contribution < -0.4 is 4.90 Å². The molecule has 5 heteroatoms. The predicted molar refractivity (Wildman–Crippen MR) is 68.8 cm³/mol. The van der Waals surface area contributed by atoms with Crippen LogP contribution in [0.2, 0.25) is 0 Å². The van der Waals surface area contributed by atoms with Gasteiger partial charge in [-0.2, -0.15) is 0 Å². The standard InChI is InChI=1S/C12H16N2O2.ClH/c1-9-2-3-11(13-8-9)14-6-4-10(5-7-14)12(15)16;/h2-3,8,10H,4-7H2,1H3,(H,15,16);1H. The minimum absolute atomic E-state index is 0. The van der Waals surface area contributed by atoms with Crippen LogP contribution in [0, 0.1) is 12.8 Å². The van der Waals surface area contributed by atoms with E-state index in [9.17, 15) is 4.79 Å². The number of hydrogen-bond donors (Lipinski definition) is 1. The molecule has 1 aliphatic rings. The number of carbonyl (C=O) groups is 1. The summed E-state index contributed by atoms with van der Waals surface area (Å²) in [7, 11) is 0. The average molecular weight is 257 g/mol. The number of carboxylic acids is 1. The second-order valence-corrected chi connectivity index (χ2v) is 4.29. The monoisotopic (exact) mass is 256 g/mol. The van der Waals surface area contributed by atoms with Gasteiger partial charge in [0.1, 0.15) is 5.82 Å². The second kappa shape index (κ2) is 5.87. The zero-order valence-electron chi connectivity index (χ0n) is 9.80. The molecular weight excluding hydrogens is 240 g/mol. The van der Waals surface area contributed by atoms with E-state index in [1.165, 1.54) is 0 Å². The Morgan fingerprint density at radius 3 is 2.53 bits per heavy atom. The van der Waals surface area contributed by atoms with Crippen LogP contribution in [0.1, 0.15) is 18.4 Å². The Morgan fingerprint density at radius 2 is 2.06 bits per heavy atom. The van der Waals surface area contributed by atoms with Gasteiger partial charge in [0.05, 0.1) is 5.92 Å². The molecule has 0 bridgehead atoms. The Balaban J connectivity index is 0.00000144. The summed E-state index contributed by atoms with van der Waals surface area (Å²) in [6.07, 6.45) is 3.27. The molecule has 0 saturated carbocycles. The summed E-state index contributed by atoms with van der Waals surface area (Å²) in [5, 5.41) is 8.90. The molecule has 0 aromatic carbocycles. The molecule has 94 valence electrons. The van der Waals surface area contributed by atoms with Gasteiger partial charge in [-0.25, -0.2) is 4.98 Å². The SMILES string of the molecule is Cc1ccc(N2CCC(C(=O)O)CC2)nc1.Cl. The molecule has 1 aromatic rings. The number of aliphatic carboxylic acids is 1. The molecule has 0 aliphatic carbocycles. The van der Waals surface area contributed by atoms with Gasteiger partial charge in [0.25, 0.3) is 0 Å². The Labute approximate surface area is 107 Å². The van der Waals surface area contributed by atoms with E-state index in [1.54, 1.807) is 0 Å². The van der Waals surface area contributed by atoms with Gasteiger partial charge >= 0.3 is 5.97 Å².